The van der Waals surface area contributed by atoms with E-state index in [-0.39, 0.29) is 17.4 Å². The van der Waals surface area contributed by atoms with E-state index in [1.165, 1.54) is 4.57 Å². The van der Waals surface area contributed by atoms with Crippen LogP contribution in [0.2, 0.25) is 0 Å². The second-order valence-electron chi connectivity index (χ2n) is 5.32. The van der Waals surface area contributed by atoms with Crippen LogP contribution in [-0.4, -0.2) is 40.5 Å². The van der Waals surface area contributed by atoms with E-state index < -0.39 is 0 Å². The number of thioether (sulfide) groups is 1. The van der Waals surface area contributed by atoms with Crippen LogP contribution in [0.25, 0.3) is 0 Å². The predicted molar refractivity (Wildman–Crippen MR) is 84.7 cm³/mol. The molecule has 1 saturated heterocycles. The first-order valence-electron chi connectivity index (χ1n) is 7.28. The molecule has 0 radical (unpaired) electrons. The molecule has 1 aliphatic heterocycles. The summed E-state index contributed by atoms with van der Waals surface area (Å²) >= 11 is 1.67. The van der Waals surface area contributed by atoms with E-state index in [1.807, 2.05) is 6.92 Å². The summed E-state index contributed by atoms with van der Waals surface area (Å²) in [6.45, 7) is 8.21. The molecule has 118 valence electrons. The van der Waals surface area contributed by atoms with Gasteiger partial charge in [0, 0.05) is 25.1 Å². The van der Waals surface area contributed by atoms with Gasteiger partial charge in [-0.3, -0.25) is 4.57 Å². The summed E-state index contributed by atoms with van der Waals surface area (Å²) < 4.78 is 13.0. The number of aromatic nitrogens is 2. The van der Waals surface area contributed by atoms with E-state index in [4.69, 9.17) is 9.47 Å². The fourth-order valence-electron chi connectivity index (χ4n) is 1.99. The summed E-state index contributed by atoms with van der Waals surface area (Å²) in [5.74, 6) is 1.84. The highest BCUT2D eigenvalue weighted by Crippen LogP contribution is 2.31. The molecule has 2 rings (SSSR count). The SMILES string of the molecule is CCNc1ccn([C@@H]2CS[C@H](COCC(C)C)O2)c(=O)n1. The molecule has 0 saturated carbocycles. The second-order valence-corrected chi connectivity index (χ2v) is 6.51. The lowest BCUT2D eigenvalue weighted by molar-refractivity contribution is -0.0286. The van der Waals surface area contributed by atoms with Gasteiger partial charge in [0.1, 0.15) is 17.5 Å². The molecule has 1 aromatic rings. The average molecular weight is 313 g/mol. The molecule has 0 amide bonds. The van der Waals surface area contributed by atoms with E-state index in [9.17, 15) is 4.79 Å². The van der Waals surface area contributed by atoms with Gasteiger partial charge in [-0.15, -0.1) is 11.8 Å². The van der Waals surface area contributed by atoms with Crippen molar-refractivity contribution in [1.29, 1.82) is 0 Å². The maximum absolute atomic E-state index is 12.0. The summed E-state index contributed by atoms with van der Waals surface area (Å²) in [6, 6.07) is 1.79. The molecule has 0 unspecified atom stereocenters. The van der Waals surface area contributed by atoms with Crippen LogP contribution in [0.4, 0.5) is 5.82 Å². The molecule has 7 heteroatoms. The number of hydrogen-bond donors (Lipinski definition) is 1. The molecule has 2 heterocycles. The van der Waals surface area contributed by atoms with Gasteiger partial charge in [0.05, 0.1) is 6.61 Å². The number of ether oxygens (including phenoxy) is 2. The molecule has 2 atom stereocenters. The average Bonchev–Trinajstić information content (AvgIpc) is 2.87. The number of hydrogen-bond acceptors (Lipinski definition) is 6. The number of rotatable bonds is 7. The summed E-state index contributed by atoms with van der Waals surface area (Å²) in [6.07, 6.45) is 1.47. The van der Waals surface area contributed by atoms with Crippen LogP contribution in [0.15, 0.2) is 17.1 Å². The monoisotopic (exact) mass is 313 g/mol. The Morgan fingerprint density at radius 3 is 3.10 bits per heavy atom. The topological polar surface area (TPSA) is 65.4 Å². The van der Waals surface area contributed by atoms with Crippen LogP contribution in [0.5, 0.6) is 0 Å². The fraction of sp³-hybridized carbons (Fsp3) is 0.714. The Morgan fingerprint density at radius 2 is 2.43 bits per heavy atom. The summed E-state index contributed by atoms with van der Waals surface area (Å²) in [5, 5.41) is 3.02. The Labute approximate surface area is 129 Å². The number of anilines is 1. The van der Waals surface area contributed by atoms with E-state index in [0.29, 0.717) is 18.3 Å². The van der Waals surface area contributed by atoms with Crippen molar-refractivity contribution in [2.45, 2.75) is 32.4 Å². The highest BCUT2D eigenvalue weighted by molar-refractivity contribution is 8.00. The molecule has 1 N–H and O–H groups in total. The minimum absolute atomic E-state index is 0.0194. The zero-order chi connectivity index (χ0) is 15.2. The Hall–Kier alpha value is -1.05. The molecule has 0 spiro atoms. The summed E-state index contributed by atoms with van der Waals surface area (Å²) in [5.41, 5.74) is -0.308. The van der Waals surface area contributed by atoms with Gasteiger partial charge in [-0.1, -0.05) is 13.8 Å². The fourth-order valence-corrected chi connectivity index (χ4v) is 3.01. The van der Waals surface area contributed by atoms with Crippen molar-refractivity contribution in [2.24, 2.45) is 5.92 Å². The van der Waals surface area contributed by atoms with Gasteiger partial charge in [0.15, 0.2) is 0 Å². The molecule has 0 aromatic carbocycles. The van der Waals surface area contributed by atoms with Gasteiger partial charge in [-0.2, -0.15) is 4.98 Å². The third-order valence-electron chi connectivity index (χ3n) is 2.94. The normalized spacial score (nSPS) is 21.9. The van der Waals surface area contributed by atoms with Crippen molar-refractivity contribution >= 4 is 17.6 Å². The first-order valence-corrected chi connectivity index (χ1v) is 8.33. The van der Waals surface area contributed by atoms with Gasteiger partial charge in [0.2, 0.25) is 0 Å². The highest BCUT2D eigenvalue weighted by Gasteiger charge is 2.28. The highest BCUT2D eigenvalue weighted by atomic mass is 32.2. The maximum atomic E-state index is 12.0. The van der Waals surface area contributed by atoms with E-state index in [2.05, 4.69) is 24.1 Å². The number of nitrogens with zero attached hydrogens (tertiary/aromatic N) is 2. The van der Waals surface area contributed by atoms with Crippen LogP contribution in [0.3, 0.4) is 0 Å². The maximum Gasteiger partial charge on any atom is 0.351 e. The third-order valence-corrected chi connectivity index (χ3v) is 4.03. The Kier molecular flexibility index (Phi) is 6.08. The van der Waals surface area contributed by atoms with E-state index in [1.54, 1.807) is 24.0 Å². The first kappa shape index (κ1) is 16.3. The van der Waals surface area contributed by atoms with Gasteiger partial charge in [-0.05, 0) is 18.9 Å². The summed E-state index contributed by atoms with van der Waals surface area (Å²) in [4.78, 5) is 16.0. The zero-order valence-corrected chi connectivity index (χ0v) is 13.6. The Bertz CT molecular complexity index is 506. The molecule has 0 bridgehead atoms. The van der Waals surface area contributed by atoms with E-state index in [0.717, 1.165) is 18.9 Å². The first-order chi connectivity index (χ1) is 10.1. The van der Waals surface area contributed by atoms with Crippen molar-refractivity contribution in [3.63, 3.8) is 0 Å². The molecule has 0 aliphatic carbocycles. The van der Waals surface area contributed by atoms with Gasteiger partial charge < -0.3 is 14.8 Å². The predicted octanol–water partition coefficient (Wildman–Crippen LogP) is 1.94. The van der Waals surface area contributed by atoms with Crippen molar-refractivity contribution in [3.05, 3.63) is 22.7 Å². The van der Waals surface area contributed by atoms with Gasteiger partial charge in [-0.25, -0.2) is 4.79 Å². The molecular weight excluding hydrogens is 290 g/mol. The lowest BCUT2D eigenvalue weighted by Gasteiger charge is -2.15. The molecule has 1 fully saturated rings. The van der Waals surface area contributed by atoms with Crippen molar-refractivity contribution < 1.29 is 9.47 Å². The summed E-state index contributed by atoms with van der Waals surface area (Å²) in [7, 11) is 0. The molecular formula is C14H23N3O3S. The van der Waals surface area contributed by atoms with Crippen molar-refractivity contribution in [2.75, 3.05) is 30.8 Å². The standard InChI is InChI=1S/C14H23N3O3S/c1-4-15-11-5-6-17(14(18)16-11)12-9-21-13(20-12)8-19-7-10(2)3/h5-6,10,12-13H,4,7-9H2,1-3H3,(H,15,16,18)/t12-,13+/m0/s1. The van der Waals surface area contributed by atoms with Gasteiger partial charge >= 0.3 is 5.69 Å². The quantitative estimate of drug-likeness (QED) is 0.830. The minimum atomic E-state index is -0.289. The van der Waals surface area contributed by atoms with Crippen molar-refractivity contribution in [3.8, 4) is 0 Å². The van der Waals surface area contributed by atoms with E-state index >= 15 is 0 Å². The van der Waals surface area contributed by atoms with Crippen LogP contribution >= 0.6 is 11.8 Å². The third kappa shape index (κ3) is 4.72. The lowest BCUT2D eigenvalue weighted by atomic mass is 10.2. The molecule has 6 nitrogen and oxygen atoms in total. The lowest BCUT2D eigenvalue weighted by Crippen LogP contribution is -2.29. The Balaban J connectivity index is 1.90. The minimum Gasteiger partial charge on any atom is -0.378 e. The van der Waals surface area contributed by atoms with Crippen LogP contribution in [0, 0.1) is 5.92 Å². The van der Waals surface area contributed by atoms with Crippen LogP contribution in [-0.2, 0) is 9.47 Å². The second kappa shape index (κ2) is 7.82. The smallest absolute Gasteiger partial charge is 0.351 e. The van der Waals surface area contributed by atoms with Crippen LogP contribution < -0.4 is 11.0 Å². The van der Waals surface area contributed by atoms with Crippen molar-refractivity contribution in [1.82, 2.24) is 9.55 Å². The largest absolute Gasteiger partial charge is 0.378 e. The molecule has 1 aromatic heterocycles. The molecule has 1 aliphatic rings. The zero-order valence-electron chi connectivity index (χ0n) is 12.7. The van der Waals surface area contributed by atoms with Crippen LogP contribution in [0.1, 0.15) is 27.0 Å². The molecule has 21 heavy (non-hydrogen) atoms. The van der Waals surface area contributed by atoms with Gasteiger partial charge in [0.25, 0.3) is 0 Å². The number of nitrogens with one attached hydrogen (secondary N) is 1. The Morgan fingerprint density at radius 1 is 1.62 bits per heavy atom.